The largest absolute Gasteiger partial charge is 0.480 e. The number of carbonyl (C=O) groups is 6. The summed E-state index contributed by atoms with van der Waals surface area (Å²) in [6.45, 7) is -0.583. The van der Waals surface area contributed by atoms with E-state index >= 15 is 0 Å². The summed E-state index contributed by atoms with van der Waals surface area (Å²) in [6, 6.07) is 15.4. The van der Waals surface area contributed by atoms with Crippen molar-refractivity contribution in [2.45, 2.75) is 31.8 Å². The van der Waals surface area contributed by atoms with Crippen molar-refractivity contribution in [2.24, 2.45) is 5.73 Å². The van der Waals surface area contributed by atoms with Crippen molar-refractivity contribution < 1.29 is 44.1 Å². The Labute approximate surface area is 272 Å². The van der Waals surface area contributed by atoms with Crippen LogP contribution >= 0.6 is 0 Å². The van der Waals surface area contributed by atoms with E-state index in [1.54, 1.807) is 17.0 Å². The molecule has 2 aromatic carbocycles. The molecular formula is C31H43N7O9. The predicted molar refractivity (Wildman–Crippen MR) is 170 cm³/mol. The number of carbonyl (C=O) groups excluding carboxylic acids is 3. The molecule has 0 spiro atoms. The zero-order chi connectivity index (χ0) is 34.6. The minimum absolute atomic E-state index is 0.0506. The summed E-state index contributed by atoms with van der Waals surface area (Å²) >= 11 is 0. The van der Waals surface area contributed by atoms with Crippen LogP contribution in [-0.4, -0.2) is 119 Å². The van der Waals surface area contributed by atoms with E-state index in [-0.39, 0.29) is 57.3 Å². The van der Waals surface area contributed by atoms with Gasteiger partial charge in [-0.1, -0.05) is 42.5 Å². The Kier molecular flexibility index (Phi) is 17.1. The van der Waals surface area contributed by atoms with Crippen LogP contribution in [0, 0.1) is 0 Å². The first-order valence-corrected chi connectivity index (χ1v) is 15.0. The fourth-order valence-electron chi connectivity index (χ4n) is 4.40. The molecule has 2 aromatic rings. The minimum Gasteiger partial charge on any atom is -0.480 e. The van der Waals surface area contributed by atoms with Crippen LogP contribution in [0.15, 0.2) is 54.6 Å². The molecule has 0 unspecified atom stereocenters. The molecule has 1 atom stereocenters. The summed E-state index contributed by atoms with van der Waals surface area (Å²) in [5.41, 5.74) is 12.7. The zero-order valence-corrected chi connectivity index (χ0v) is 26.0. The second-order valence-electron chi connectivity index (χ2n) is 10.7. The van der Waals surface area contributed by atoms with Crippen molar-refractivity contribution >= 4 is 35.6 Å². The maximum absolute atomic E-state index is 12.7. The number of nitrogens with two attached hydrogens (primary N) is 1. The van der Waals surface area contributed by atoms with Crippen LogP contribution in [0.1, 0.15) is 34.3 Å². The third-order valence-corrected chi connectivity index (χ3v) is 6.86. The van der Waals surface area contributed by atoms with E-state index in [0.29, 0.717) is 18.4 Å². The number of carboxylic acid groups (broad SMARTS) is 3. The van der Waals surface area contributed by atoms with Gasteiger partial charge in [0.05, 0.1) is 32.2 Å². The lowest BCUT2D eigenvalue weighted by atomic mass is 10.0. The Hall–Kier alpha value is -4.90. The lowest BCUT2D eigenvalue weighted by Gasteiger charge is -2.25. The SMILES string of the molecule is N[C@H](CCCc1ccccc1)C(=O)NNC(=O)c1ccc(CNC(=O)CN(CCNCC(=O)O)CCN(CC(=O)O)CC(=O)O)cc1. The van der Waals surface area contributed by atoms with Gasteiger partial charge in [-0.2, -0.15) is 0 Å². The number of aryl methyl sites for hydroxylation is 1. The average molecular weight is 658 g/mol. The summed E-state index contributed by atoms with van der Waals surface area (Å²) in [6.07, 6.45) is 1.95. The molecule has 0 saturated heterocycles. The number of amides is 3. The smallest absolute Gasteiger partial charge is 0.317 e. The molecule has 0 radical (unpaired) electrons. The normalized spacial score (nSPS) is 11.6. The van der Waals surface area contributed by atoms with Crippen LogP contribution < -0.4 is 27.2 Å². The molecule has 47 heavy (non-hydrogen) atoms. The summed E-state index contributed by atoms with van der Waals surface area (Å²) in [5.74, 6) is -4.87. The summed E-state index contributed by atoms with van der Waals surface area (Å²) in [5, 5.41) is 32.4. The van der Waals surface area contributed by atoms with Gasteiger partial charge in [-0.25, -0.2) is 0 Å². The predicted octanol–water partition coefficient (Wildman–Crippen LogP) is -1.14. The Bertz CT molecular complexity index is 1310. The van der Waals surface area contributed by atoms with E-state index in [1.165, 1.54) is 17.0 Å². The van der Waals surface area contributed by atoms with Crippen molar-refractivity contribution in [2.75, 3.05) is 52.4 Å². The summed E-state index contributed by atoms with van der Waals surface area (Å²) in [4.78, 5) is 73.3. The van der Waals surface area contributed by atoms with Gasteiger partial charge in [-0.05, 0) is 42.5 Å². The lowest BCUT2D eigenvalue weighted by Crippen LogP contribution is -2.49. The Balaban J connectivity index is 1.81. The van der Waals surface area contributed by atoms with Gasteiger partial charge in [0.25, 0.3) is 11.8 Å². The third kappa shape index (κ3) is 16.8. The first-order chi connectivity index (χ1) is 22.4. The molecule has 2 rings (SSSR count). The molecule has 9 N–H and O–H groups in total. The Morgan fingerprint density at radius 1 is 0.723 bits per heavy atom. The Morgan fingerprint density at radius 3 is 1.98 bits per heavy atom. The summed E-state index contributed by atoms with van der Waals surface area (Å²) < 4.78 is 0. The molecule has 16 heteroatoms. The fraction of sp³-hybridized carbons (Fsp3) is 0.419. The quantitative estimate of drug-likeness (QED) is 0.0552. The number of hydrazine groups is 1. The highest BCUT2D eigenvalue weighted by Gasteiger charge is 2.18. The van der Waals surface area contributed by atoms with Crippen LogP contribution in [0.4, 0.5) is 0 Å². The molecule has 3 amide bonds. The van der Waals surface area contributed by atoms with Gasteiger partial charge in [0, 0.05) is 38.3 Å². The number of hydrogen-bond acceptors (Lipinski definition) is 10. The van der Waals surface area contributed by atoms with Crippen molar-refractivity contribution in [3.63, 3.8) is 0 Å². The first-order valence-electron chi connectivity index (χ1n) is 15.0. The van der Waals surface area contributed by atoms with Gasteiger partial charge in [0.1, 0.15) is 0 Å². The van der Waals surface area contributed by atoms with Crippen molar-refractivity contribution in [3.8, 4) is 0 Å². The zero-order valence-electron chi connectivity index (χ0n) is 26.0. The van der Waals surface area contributed by atoms with E-state index in [4.69, 9.17) is 21.1 Å². The molecule has 0 bridgehead atoms. The Morgan fingerprint density at radius 2 is 1.36 bits per heavy atom. The molecule has 0 fully saturated rings. The highest BCUT2D eigenvalue weighted by molar-refractivity contribution is 5.95. The molecule has 0 aliphatic rings. The number of carboxylic acids is 3. The van der Waals surface area contributed by atoms with E-state index in [2.05, 4.69) is 21.5 Å². The number of nitrogens with one attached hydrogen (secondary N) is 4. The van der Waals surface area contributed by atoms with Crippen LogP contribution in [0.25, 0.3) is 0 Å². The maximum atomic E-state index is 12.7. The first kappa shape index (κ1) is 38.3. The third-order valence-electron chi connectivity index (χ3n) is 6.86. The average Bonchev–Trinajstić information content (AvgIpc) is 3.03. The summed E-state index contributed by atoms with van der Waals surface area (Å²) in [7, 11) is 0. The van der Waals surface area contributed by atoms with Crippen LogP contribution in [0.3, 0.4) is 0 Å². The van der Waals surface area contributed by atoms with Gasteiger partial charge >= 0.3 is 17.9 Å². The van der Waals surface area contributed by atoms with E-state index in [9.17, 15) is 28.8 Å². The van der Waals surface area contributed by atoms with E-state index < -0.39 is 48.9 Å². The molecule has 0 heterocycles. The standard InChI is InChI=1S/C31H43N7O9/c32-25(8-4-7-22-5-2-1-3-6-22)31(47)36-35-30(46)24-11-9-23(10-12-24)17-34-26(39)19-37(14-13-33-18-27(40)41)15-16-38(20-28(42)43)21-29(44)45/h1-3,5-6,9-12,25,33H,4,7-8,13-21,32H2,(H,34,39)(H,35,46)(H,36,47)(H,40,41)(H,42,43)(H,44,45)/t25-/m1/s1. The topological polar surface area (TPSA) is 244 Å². The second-order valence-corrected chi connectivity index (χ2v) is 10.7. The number of aliphatic carboxylic acids is 3. The van der Waals surface area contributed by atoms with Gasteiger partial charge in [0.15, 0.2) is 0 Å². The number of hydrogen-bond donors (Lipinski definition) is 8. The highest BCUT2D eigenvalue weighted by Crippen LogP contribution is 2.07. The van der Waals surface area contributed by atoms with E-state index in [1.807, 2.05) is 30.3 Å². The maximum Gasteiger partial charge on any atom is 0.317 e. The molecule has 0 aliphatic carbocycles. The molecule has 0 aliphatic heterocycles. The van der Waals surface area contributed by atoms with Gasteiger partial charge in [-0.15, -0.1) is 0 Å². The highest BCUT2D eigenvalue weighted by atomic mass is 16.4. The minimum atomic E-state index is -1.19. The number of rotatable bonds is 22. The van der Waals surface area contributed by atoms with Gasteiger partial charge in [0.2, 0.25) is 5.91 Å². The van der Waals surface area contributed by atoms with Crippen molar-refractivity contribution in [3.05, 3.63) is 71.3 Å². The van der Waals surface area contributed by atoms with Crippen LogP contribution in [0.5, 0.6) is 0 Å². The van der Waals surface area contributed by atoms with Crippen LogP contribution in [-0.2, 0) is 36.9 Å². The van der Waals surface area contributed by atoms with Crippen molar-refractivity contribution in [1.29, 1.82) is 0 Å². The number of benzene rings is 2. The van der Waals surface area contributed by atoms with Crippen LogP contribution in [0.2, 0.25) is 0 Å². The fourth-order valence-corrected chi connectivity index (χ4v) is 4.40. The molecule has 0 aromatic heterocycles. The monoisotopic (exact) mass is 657 g/mol. The number of nitrogens with zero attached hydrogens (tertiary/aromatic N) is 2. The molecule has 256 valence electrons. The van der Waals surface area contributed by atoms with Gasteiger partial charge in [-0.3, -0.25) is 49.4 Å². The molecular weight excluding hydrogens is 614 g/mol. The lowest BCUT2D eigenvalue weighted by molar-refractivity contribution is -0.142. The van der Waals surface area contributed by atoms with Gasteiger partial charge < -0.3 is 31.7 Å². The van der Waals surface area contributed by atoms with E-state index in [0.717, 1.165) is 12.0 Å². The second kappa shape index (κ2) is 21.0. The van der Waals surface area contributed by atoms with Crippen molar-refractivity contribution in [1.82, 2.24) is 31.3 Å². The molecule has 0 saturated carbocycles. The molecule has 16 nitrogen and oxygen atoms in total.